The summed E-state index contributed by atoms with van der Waals surface area (Å²) in [6.07, 6.45) is 12.7. The van der Waals surface area contributed by atoms with Gasteiger partial charge in [0.1, 0.15) is 0 Å². The Kier molecular flexibility index (Phi) is 7.18. The summed E-state index contributed by atoms with van der Waals surface area (Å²) in [7, 11) is 0. The molecule has 0 amide bonds. The summed E-state index contributed by atoms with van der Waals surface area (Å²) in [5.74, 6) is 0.908. The summed E-state index contributed by atoms with van der Waals surface area (Å²) in [5.41, 5.74) is 0.656. The van der Waals surface area contributed by atoms with Crippen LogP contribution in [0.5, 0.6) is 0 Å². The highest BCUT2D eigenvalue weighted by Gasteiger charge is 2.31. The molecule has 1 atom stereocenters. The van der Waals surface area contributed by atoms with Crippen molar-refractivity contribution >= 4 is 0 Å². The van der Waals surface area contributed by atoms with E-state index in [4.69, 9.17) is 0 Å². The standard InChI is InChI=1S/C16H33N/c1-4-7-10-15(5-2)13-17-14-16(6-3)11-8-9-12-16/h15,17H,4-14H2,1-3H3. The van der Waals surface area contributed by atoms with Gasteiger partial charge in [-0.3, -0.25) is 0 Å². The molecular formula is C16H33N. The second-order valence-electron chi connectivity index (χ2n) is 6.11. The van der Waals surface area contributed by atoms with Crippen LogP contribution in [0, 0.1) is 11.3 Å². The Bertz CT molecular complexity index is 182. The average Bonchev–Trinajstić information content (AvgIpc) is 2.83. The van der Waals surface area contributed by atoms with E-state index in [1.807, 2.05) is 0 Å². The molecule has 17 heavy (non-hydrogen) atoms. The molecule has 1 N–H and O–H groups in total. The lowest BCUT2D eigenvalue weighted by Crippen LogP contribution is -2.34. The van der Waals surface area contributed by atoms with E-state index in [1.54, 1.807) is 0 Å². The van der Waals surface area contributed by atoms with Crippen LogP contribution < -0.4 is 5.32 Å². The largest absolute Gasteiger partial charge is 0.316 e. The van der Waals surface area contributed by atoms with Crippen LogP contribution in [0.3, 0.4) is 0 Å². The van der Waals surface area contributed by atoms with Crippen molar-refractivity contribution in [1.29, 1.82) is 0 Å². The summed E-state index contributed by atoms with van der Waals surface area (Å²) in [6.45, 7) is 9.53. The van der Waals surface area contributed by atoms with Gasteiger partial charge in [-0.15, -0.1) is 0 Å². The van der Waals surface area contributed by atoms with Crippen molar-refractivity contribution in [3.63, 3.8) is 0 Å². The molecule has 1 heteroatoms. The quantitative estimate of drug-likeness (QED) is 0.611. The highest BCUT2D eigenvalue weighted by Crippen LogP contribution is 2.40. The highest BCUT2D eigenvalue weighted by atomic mass is 14.9. The van der Waals surface area contributed by atoms with Crippen LogP contribution in [0.4, 0.5) is 0 Å². The number of hydrogen-bond acceptors (Lipinski definition) is 1. The van der Waals surface area contributed by atoms with E-state index in [1.165, 1.54) is 70.9 Å². The fraction of sp³-hybridized carbons (Fsp3) is 1.00. The molecule has 1 aliphatic rings. The van der Waals surface area contributed by atoms with Crippen LogP contribution in [0.1, 0.15) is 78.6 Å². The Balaban J connectivity index is 2.20. The summed E-state index contributed by atoms with van der Waals surface area (Å²) in [4.78, 5) is 0. The molecule has 0 heterocycles. The van der Waals surface area contributed by atoms with Crippen LogP contribution in [0.15, 0.2) is 0 Å². The zero-order chi connectivity index (χ0) is 12.6. The minimum atomic E-state index is 0.656. The molecule has 0 spiro atoms. The highest BCUT2D eigenvalue weighted by molar-refractivity contribution is 4.85. The molecule has 1 aliphatic carbocycles. The van der Waals surface area contributed by atoms with Gasteiger partial charge in [-0.2, -0.15) is 0 Å². The molecule has 0 saturated heterocycles. The summed E-state index contributed by atoms with van der Waals surface area (Å²) >= 11 is 0. The van der Waals surface area contributed by atoms with Crippen molar-refractivity contribution in [3.05, 3.63) is 0 Å². The van der Waals surface area contributed by atoms with Crippen LogP contribution in [0.25, 0.3) is 0 Å². The van der Waals surface area contributed by atoms with Crippen molar-refractivity contribution in [2.24, 2.45) is 11.3 Å². The predicted octanol–water partition coefficient (Wildman–Crippen LogP) is 4.76. The van der Waals surface area contributed by atoms with Gasteiger partial charge >= 0.3 is 0 Å². The summed E-state index contributed by atoms with van der Waals surface area (Å²) < 4.78 is 0. The topological polar surface area (TPSA) is 12.0 Å². The maximum Gasteiger partial charge on any atom is 0.000782 e. The van der Waals surface area contributed by atoms with E-state index in [0.29, 0.717) is 5.41 Å². The minimum Gasteiger partial charge on any atom is -0.316 e. The first kappa shape index (κ1) is 15.0. The van der Waals surface area contributed by atoms with Crippen molar-refractivity contribution in [1.82, 2.24) is 5.32 Å². The van der Waals surface area contributed by atoms with Crippen molar-refractivity contribution in [3.8, 4) is 0 Å². The van der Waals surface area contributed by atoms with E-state index in [9.17, 15) is 0 Å². The van der Waals surface area contributed by atoms with Crippen molar-refractivity contribution < 1.29 is 0 Å². The lowest BCUT2D eigenvalue weighted by molar-refractivity contribution is 0.258. The fourth-order valence-electron chi connectivity index (χ4n) is 3.27. The molecule has 0 aromatic carbocycles. The molecule has 1 nitrogen and oxygen atoms in total. The molecule has 1 unspecified atom stereocenters. The third kappa shape index (κ3) is 4.99. The first-order valence-corrected chi connectivity index (χ1v) is 7.97. The molecule has 0 aliphatic heterocycles. The molecule has 0 bridgehead atoms. The Morgan fingerprint density at radius 2 is 1.82 bits per heavy atom. The molecule has 1 saturated carbocycles. The predicted molar refractivity (Wildman–Crippen MR) is 77.4 cm³/mol. The first-order chi connectivity index (χ1) is 8.26. The van der Waals surface area contributed by atoms with E-state index < -0.39 is 0 Å². The maximum absolute atomic E-state index is 3.78. The molecule has 1 rings (SSSR count). The van der Waals surface area contributed by atoms with Gasteiger partial charge in [-0.1, -0.05) is 52.9 Å². The number of rotatable bonds is 9. The average molecular weight is 239 g/mol. The lowest BCUT2D eigenvalue weighted by atomic mass is 9.83. The Labute approximate surface area is 109 Å². The second-order valence-corrected chi connectivity index (χ2v) is 6.11. The van der Waals surface area contributed by atoms with Crippen LogP contribution in [0.2, 0.25) is 0 Å². The van der Waals surface area contributed by atoms with Gasteiger partial charge in [0.2, 0.25) is 0 Å². The Morgan fingerprint density at radius 3 is 2.35 bits per heavy atom. The van der Waals surface area contributed by atoms with Crippen LogP contribution in [-0.4, -0.2) is 13.1 Å². The molecule has 1 fully saturated rings. The normalized spacial score (nSPS) is 20.6. The zero-order valence-corrected chi connectivity index (χ0v) is 12.4. The zero-order valence-electron chi connectivity index (χ0n) is 12.4. The van der Waals surface area contributed by atoms with E-state index in [2.05, 4.69) is 26.1 Å². The fourth-order valence-corrected chi connectivity index (χ4v) is 3.27. The molecule has 0 aromatic heterocycles. The van der Waals surface area contributed by atoms with Gasteiger partial charge in [0.05, 0.1) is 0 Å². The summed E-state index contributed by atoms with van der Waals surface area (Å²) in [6, 6.07) is 0. The Hall–Kier alpha value is -0.0400. The number of hydrogen-bond donors (Lipinski definition) is 1. The smallest absolute Gasteiger partial charge is 0.000782 e. The van der Waals surface area contributed by atoms with E-state index >= 15 is 0 Å². The SMILES string of the molecule is CCCCC(CC)CNCC1(CC)CCCC1. The van der Waals surface area contributed by atoms with Gasteiger partial charge in [0, 0.05) is 6.54 Å². The van der Waals surface area contributed by atoms with Gasteiger partial charge in [0.15, 0.2) is 0 Å². The molecule has 0 radical (unpaired) electrons. The minimum absolute atomic E-state index is 0.656. The monoisotopic (exact) mass is 239 g/mol. The Morgan fingerprint density at radius 1 is 1.12 bits per heavy atom. The van der Waals surface area contributed by atoms with E-state index in [-0.39, 0.29) is 0 Å². The van der Waals surface area contributed by atoms with Gasteiger partial charge < -0.3 is 5.32 Å². The first-order valence-electron chi connectivity index (χ1n) is 7.97. The van der Waals surface area contributed by atoms with Gasteiger partial charge in [-0.05, 0) is 43.6 Å². The molecular weight excluding hydrogens is 206 g/mol. The second kappa shape index (κ2) is 8.13. The molecule has 102 valence electrons. The number of nitrogens with one attached hydrogen (secondary N) is 1. The van der Waals surface area contributed by atoms with Crippen molar-refractivity contribution in [2.45, 2.75) is 78.6 Å². The van der Waals surface area contributed by atoms with Crippen molar-refractivity contribution in [2.75, 3.05) is 13.1 Å². The van der Waals surface area contributed by atoms with Gasteiger partial charge in [-0.25, -0.2) is 0 Å². The van der Waals surface area contributed by atoms with Gasteiger partial charge in [0.25, 0.3) is 0 Å². The lowest BCUT2D eigenvalue weighted by Gasteiger charge is -2.29. The van der Waals surface area contributed by atoms with Crippen LogP contribution in [-0.2, 0) is 0 Å². The van der Waals surface area contributed by atoms with E-state index in [0.717, 1.165) is 5.92 Å². The molecule has 0 aromatic rings. The third-order valence-electron chi connectivity index (χ3n) is 4.89. The maximum atomic E-state index is 3.78. The third-order valence-corrected chi connectivity index (χ3v) is 4.89. The summed E-state index contributed by atoms with van der Waals surface area (Å²) in [5, 5.41) is 3.78. The number of unbranched alkanes of at least 4 members (excludes halogenated alkanes) is 1. The van der Waals surface area contributed by atoms with Crippen LogP contribution >= 0.6 is 0 Å².